The van der Waals surface area contributed by atoms with Gasteiger partial charge in [0.1, 0.15) is 39.4 Å². The number of carbonyl (C=O) groups excluding carboxylic acids is 3. The van der Waals surface area contributed by atoms with Gasteiger partial charge in [0.15, 0.2) is 5.75 Å². The fourth-order valence-electron chi connectivity index (χ4n) is 5.62. The first kappa shape index (κ1) is 29.5. The minimum atomic E-state index is -1.92. The van der Waals surface area contributed by atoms with Gasteiger partial charge < -0.3 is 33.6 Å². The van der Waals surface area contributed by atoms with E-state index in [-0.39, 0.29) is 52.1 Å². The molecule has 1 aromatic heterocycles. The predicted molar refractivity (Wildman–Crippen MR) is 155 cm³/mol. The molecule has 1 spiro atoms. The molecule has 0 bridgehead atoms. The molecule has 2 aliphatic rings. The van der Waals surface area contributed by atoms with Crippen molar-refractivity contribution in [2.45, 2.75) is 25.4 Å². The maximum atomic E-state index is 14.6. The number of rotatable bonds is 9. The van der Waals surface area contributed by atoms with Crippen LogP contribution in [0.4, 0.5) is 0 Å². The molecule has 11 heteroatoms. The highest BCUT2D eigenvalue weighted by molar-refractivity contribution is 6.36. The van der Waals surface area contributed by atoms with E-state index in [2.05, 4.69) is 5.32 Å². The summed E-state index contributed by atoms with van der Waals surface area (Å²) in [6.45, 7) is 2.83. The number of nitrogens with zero attached hydrogens (tertiary/aromatic N) is 1. The third kappa shape index (κ3) is 4.68. The SMILES string of the molecule is COc1ccc(-c2oc3c(c2CC(=O)NCCN(C)C)C(=O)C2(Oc4c(Cl)c(OC)cc(OC)c4C2=O)C(C)C3)cc1. The summed E-state index contributed by atoms with van der Waals surface area (Å²) in [6, 6.07) is 8.62. The summed E-state index contributed by atoms with van der Waals surface area (Å²) in [7, 11) is 8.23. The van der Waals surface area contributed by atoms with Gasteiger partial charge in [-0.25, -0.2) is 0 Å². The largest absolute Gasteiger partial charge is 0.497 e. The van der Waals surface area contributed by atoms with Crippen LogP contribution in [0.15, 0.2) is 34.7 Å². The van der Waals surface area contributed by atoms with Crippen molar-refractivity contribution in [1.82, 2.24) is 10.2 Å². The van der Waals surface area contributed by atoms with Crippen molar-refractivity contribution in [3.05, 3.63) is 57.8 Å². The minimum Gasteiger partial charge on any atom is -0.497 e. The van der Waals surface area contributed by atoms with Crippen molar-refractivity contribution < 1.29 is 37.7 Å². The fourth-order valence-corrected chi connectivity index (χ4v) is 5.88. The summed E-state index contributed by atoms with van der Waals surface area (Å²) in [5, 5.41) is 2.96. The zero-order valence-corrected chi connectivity index (χ0v) is 25.1. The molecular weight excluding hydrogens is 564 g/mol. The third-order valence-electron chi connectivity index (χ3n) is 7.82. The van der Waals surface area contributed by atoms with Crippen LogP contribution in [-0.4, -0.2) is 76.5 Å². The average molecular weight is 597 g/mol. The number of ether oxygens (including phenoxy) is 4. The molecule has 1 aliphatic carbocycles. The van der Waals surface area contributed by atoms with Gasteiger partial charge in [0, 0.05) is 42.6 Å². The molecule has 10 nitrogen and oxygen atoms in total. The van der Waals surface area contributed by atoms with Gasteiger partial charge in [0.25, 0.3) is 0 Å². The summed E-state index contributed by atoms with van der Waals surface area (Å²) < 4.78 is 28.7. The number of ketones is 2. The summed E-state index contributed by atoms with van der Waals surface area (Å²) in [6.07, 6.45) is 0.0755. The van der Waals surface area contributed by atoms with Crippen LogP contribution in [0.2, 0.25) is 5.02 Å². The van der Waals surface area contributed by atoms with Crippen LogP contribution < -0.4 is 24.3 Å². The molecule has 1 N–H and O–H groups in total. The number of Topliss-reactive ketones (excluding diaryl/α,β-unsaturated/α-hetero) is 2. The zero-order chi connectivity index (χ0) is 30.3. The standard InChI is InChI=1S/C31H33ClN2O8/c1-16-13-21-24(29(36)31(16)30(37)25-20(39-5)15-22(40-6)26(32)28(25)42-31)19(14-23(35)33-11-12-34(2)3)27(41-21)17-7-9-18(38-4)10-8-17/h7-10,15-16H,11-14H2,1-6H3,(H,33,35). The highest BCUT2D eigenvalue weighted by Crippen LogP contribution is 2.54. The van der Waals surface area contributed by atoms with Crippen LogP contribution in [0.5, 0.6) is 23.0 Å². The van der Waals surface area contributed by atoms with E-state index in [1.165, 1.54) is 20.3 Å². The van der Waals surface area contributed by atoms with E-state index in [0.717, 1.165) is 0 Å². The highest BCUT2D eigenvalue weighted by atomic mass is 35.5. The lowest BCUT2D eigenvalue weighted by molar-refractivity contribution is -0.120. The van der Waals surface area contributed by atoms with Gasteiger partial charge in [0.2, 0.25) is 23.1 Å². The van der Waals surface area contributed by atoms with E-state index in [0.29, 0.717) is 41.5 Å². The molecule has 2 unspecified atom stereocenters. The zero-order valence-electron chi connectivity index (χ0n) is 24.4. The Morgan fingerprint density at radius 2 is 1.71 bits per heavy atom. The van der Waals surface area contributed by atoms with Gasteiger partial charge in [-0.3, -0.25) is 14.4 Å². The first-order chi connectivity index (χ1) is 20.1. The second-order valence-electron chi connectivity index (χ2n) is 10.7. The molecule has 2 heterocycles. The molecule has 2 atom stereocenters. The highest BCUT2D eigenvalue weighted by Gasteiger charge is 2.63. The predicted octanol–water partition coefficient (Wildman–Crippen LogP) is 4.24. The number of fused-ring (bicyclic) bond motifs is 2. The number of halogens is 1. The number of carbonyl (C=O) groups is 3. The molecule has 0 saturated carbocycles. The van der Waals surface area contributed by atoms with Crippen molar-refractivity contribution in [2.24, 2.45) is 5.92 Å². The molecule has 222 valence electrons. The molecule has 3 aromatic rings. The number of methoxy groups -OCH3 is 3. The van der Waals surface area contributed by atoms with Gasteiger partial charge >= 0.3 is 0 Å². The van der Waals surface area contributed by atoms with Gasteiger partial charge in [-0.05, 0) is 38.4 Å². The normalized spacial score (nSPS) is 19.0. The Morgan fingerprint density at radius 1 is 1.05 bits per heavy atom. The Morgan fingerprint density at radius 3 is 2.33 bits per heavy atom. The van der Waals surface area contributed by atoms with Crippen LogP contribution >= 0.6 is 11.6 Å². The Bertz CT molecular complexity index is 1560. The van der Waals surface area contributed by atoms with Crippen LogP contribution in [0.3, 0.4) is 0 Å². The topological polar surface area (TPSA) is 117 Å². The molecule has 0 saturated heterocycles. The quantitative estimate of drug-likeness (QED) is 0.362. The molecular formula is C31H33ClN2O8. The van der Waals surface area contributed by atoms with Gasteiger partial charge in [0.05, 0.1) is 33.3 Å². The number of furan rings is 1. The van der Waals surface area contributed by atoms with E-state index >= 15 is 0 Å². The molecule has 42 heavy (non-hydrogen) atoms. The number of benzene rings is 2. The van der Waals surface area contributed by atoms with E-state index in [9.17, 15) is 14.4 Å². The summed E-state index contributed by atoms with van der Waals surface area (Å²) in [4.78, 5) is 43.8. The maximum absolute atomic E-state index is 14.6. The second-order valence-corrected chi connectivity index (χ2v) is 11.0. The average Bonchev–Trinajstić information content (AvgIpc) is 3.48. The number of nitrogens with one attached hydrogen (secondary N) is 1. The van der Waals surface area contributed by atoms with Gasteiger partial charge in [-0.2, -0.15) is 0 Å². The minimum absolute atomic E-state index is 0.0309. The monoisotopic (exact) mass is 596 g/mol. The number of likely N-dealkylation sites (N-methyl/N-ethyl adjacent to an activating group) is 1. The van der Waals surface area contributed by atoms with E-state index in [4.69, 9.17) is 35.0 Å². The third-order valence-corrected chi connectivity index (χ3v) is 8.18. The fraction of sp³-hybridized carbons (Fsp3) is 0.387. The van der Waals surface area contributed by atoms with Crippen LogP contribution in [0.25, 0.3) is 11.3 Å². The smallest absolute Gasteiger partial charge is 0.237 e. The molecule has 2 aromatic carbocycles. The lowest BCUT2D eigenvalue weighted by Gasteiger charge is -2.35. The number of hydrogen-bond donors (Lipinski definition) is 1. The Hall–Kier alpha value is -4.02. The van der Waals surface area contributed by atoms with Crippen LogP contribution in [0.1, 0.15) is 39.0 Å². The van der Waals surface area contributed by atoms with E-state index in [1.807, 2.05) is 19.0 Å². The molecule has 0 radical (unpaired) electrons. The lowest BCUT2D eigenvalue weighted by atomic mass is 9.70. The van der Waals surface area contributed by atoms with Crippen molar-refractivity contribution in [3.63, 3.8) is 0 Å². The molecule has 5 rings (SSSR count). The summed E-state index contributed by atoms with van der Waals surface area (Å²) in [5.41, 5.74) is -0.627. The maximum Gasteiger partial charge on any atom is 0.237 e. The number of hydrogen-bond acceptors (Lipinski definition) is 9. The van der Waals surface area contributed by atoms with Crippen molar-refractivity contribution >= 4 is 29.1 Å². The van der Waals surface area contributed by atoms with Crippen LogP contribution in [-0.2, 0) is 17.6 Å². The molecule has 0 fully saturated rings. The lowest BCUT2D eigenvalue weighted by Crippen LogP contribution is -2.56. The van der Waals surface area contributed by atoms with Gasteiger partial charge in [-0.1, -0.05) is 18.5 Å². The first-order valence-corrected chi connectivity index (χ1v) is 13.9. The molecule has 1 aliphatic heterocycles. The van der Waals surface area contributed by atoms with E-state index < -0.39 is 23.1 Å². The van der Waals surface area contributed by atoms with Crippen molar-refractivity contribution in [2.75, 3.05) is 48.5 Å². The van der Waals surface area contributed by atoms with E-state index in [1.54, 1.807) is 38.3 Å². The van der Waals surface area contributed by atoms with Crippen molar-refractivity contribution in [1.29, 1.82) is 0 Å². The Kier molecular flexibility index (Phi) is 7.96. The van der Waals surface area contributed by atoms with Crippen molar-refractivity contribution in [3.8, 4) is 34.3 Å². The Labute approximate surface area is 248 Å². The summed E-state index contributed by atoms with van der Waals surface area (Å²) >= 11 is 6.57. The first-order valence-electron chi connectivity index (χ1n) is 13.5. The van der Waals surface area contributed by atoms with Crippen LogP contribution in [0, 0.1) is 5.92 Å². The summed E-state index contributed by atoms with van der Waals surface area (Å²) in [5.74, 6) is -0.183. The van der Waals surface area contributed by atoms with Gasteiger partial charge in [-0.15, -0.1) is 0 Å². The second kappa shape index (κ2) is 11.3. The molecule has 1 amide bonds. The Balaban J connectivity index is 1.63. The number of amides is 1.